The van der Waals surface area contributed by atoms with Crippen molar-refractivity contribution in [1.29, 1.82) is 0 Å². The van der Waals surface area contributed by atoms with Crippen molar-refractivity contribution >= 4 is 29.7 Å². The quantitative estimate of drug-likeness (QED) is 0.242. The van der Waals surface area contributed by atoms with E-state index in [0.29, 0.717) is 19.3 Å². The van der Waals surface area contributed by atoms with E-state index in [2.05, 4.69) is 10.6 Å². The number of rotatable bonds is 10. The summed E-state index contributed by atoms with van der Waals surface area (Å²) in [5, 5.41) is 24.8. The first-order valence-corrected chi connectivity index (χ1v) is 13.0. The number of carbonyl (C=O) groups is 5. The van der Waals surface area contributed by atoms with Crippen LogP contribution in [0.25, 0.3) is 0 Å². The van der Waals surface area contributed by atoms with E-state index in [1.165, 1.54) is 23.6 Å². The molecule has 13 heteroatoms. The molecule has 39 heavy (non-hydrogen) atoms. The van der Waals surface area contributed by atoms with Crippen molar-refractivity contribution in [3.8, 4) is 0 Å². The number of nitrogens with one attached hydrogen (secondary N) is 2. The number of alkyl carbamates (subject to hydrolysis) is 1. The Morgan fingerprint density at radius 3 is 2.28 bits per heavy atom. The number of primary amides is 1. The van der Waals surface area contributed by atoms with E-state index in [0.717, 1.165) is 5.56 Å². The third kappa shape index (κ3) is 7.67. The van der Waals surface area contributed by atoms with Gasteiger partial charge in [0.05, 0.1) is 18.1 Å². The molecule has 3 rings (SSSR count). The molecule has 2 saturated heterocycles. The number of hydrogen-bond acceptors (Lipinski definition) is 8. The van der Waals surface area contributed by atoms with Crippen molar-refractivity contribution in [3.05, 3.63) is 35.9 Å². The van der Waals surface area contributed by atoms with Crippen molar-refractivity contribution in [2.45, 2.75) is 70.1 Å². The van der Waals surface area contributed by atoms with Gasteiger partial charge < -0.3 is 41.1 Å². The second-order valence-corrected chi connectivity index (χ2v) is 10.0. The van der Waals surface area contributed by atoms with Crippen LogP contribution in [0.15, 0.2) is 30.3 Å². The molecule has 0 bridgehead atoms. The van der Waals surface area contributed by atoms with Gasteiger partial charge in [-0.25, -0.2) is 4.79 Å². The minimum Gasteiger partial charge on any atom is -0.445 e. The van der Waals surface area contributed by atoms with Gasteiger partial charge in [0.25, 0.3) is 0 Å². The molecule has 214 valence electrons. The Hall–Kier alpha value is -3.71. The molecule has 1 aromatic rings. The molecule has 13 nitrogen and oxygen atoms in total. The lowest BCUT2D eigenvalue weighted by Crippen LogP contribution is -2.57. The van der Waals surface area contributed by atoms with E-state index >= 15 is 0 Å². The Bertz CT molecular complexity index is 1050. The van der Waals surface area contributed by atoms with Crippen LogP contribution in [0.1, 0.15) is 38.7 Å². The lowest BCUT2D eigenvalue weighted by atomic mass is 10.1. The summed E-state index contributed by atoms with van der Waals surface area (Å²) >= 11 is 0. The van der Waals surface area contributed by atoms with Crippen molar-refractivity contribution in [2.75, 3.05) is 19.6 Å². The lowest BCUT2D eigenvalue weighted by molar-refractivity contribution is -0.146. The number of benzene rings is 1. The second kappa shape index (κ2) is 13.4. The average Bonchev–Trinajstić information content (AvgIpc) is 3.59. The Kier molecular flexibility index (Phi) is 10.2. The zero-order valence-corrected chi connectivity index (χ0v) is 22.1. The van der Waals surface area contributed by atoms with Gasteiger partial charge in [-0.3, -0.25) is 19.2 Å². The van der Waals surface area contributed by atoms with Gasteiger partial charge in [0.1, 0.15) is 24.7 Å². The molecular weight excluding hydrogens is 510 g/mol. The van der Waals surface area contributed by atoms with Crippen molar-refractivity contribution < 1.29 is 38.9 Å². The largest absolute Gasteiger partial charge is 0.445 e. The van der Waals surface area contributed by atoms with Gasteiger partial charge in [-0.2, -0.15) is 0 Å². The number of hydrogen-bond donors (Lipinski definition) is 5. The number of aliphatic hydroxyl groups excluding tert-OH is 2. The average molecular weight is 548 g/mol. The van der Waals surface area contributed by atoms with Gasteiger partial charge in [0.2, 0.25) is 23.6 Å². The first kappa shape index (κ1) is 29.8. The molecule has 0 radical (unpaired) electrons. The van der Waals surface area contributed by atoms with E-state index in [-0.39, 0.29) is 32.1 Å². The standard InChI is InChI=1S/C26H37N5O8/c1-15(32)20(22(27)34)28-23(35)18-10-12-30(13-18)24(36)19-9-6-11-31(19)25(37)21(16(2)33)29-26(38)39-14-17-7-4-3-5-8-17/h3-5,7-8,15-16,18-21,32-33H,6,9-14H2,1-2H3,(H2,27,34)(H,28,35)(H,29,38)/t15-,16-,18-,19-,20+,21+/m1/s1. The predicted octanol–water partition coefficient (Wildman–Crippen LogP) is -1.15. The highest BCUT2D eigenvalue weighted by Crippen LogP contribution is 2.25. The molecule has 1 aromatic carbocycles. The summed E-state index contributed by atoms with van der Waals surface area (Å²) < 4.78 is 5.18. The summed E-state index contributed by atoms with van der Waals surface area (Å²) in [5.74, 6) is -2.91. The zero-order chi connectivity index (χ0) is 28.7. The van der Waals surface area contributed by atoms with Crippen LogP contribution in [-0.4, -0.2) is 99.7 Å². The summed E-state index contributed by atoms with van der Waals surface area (Å²) in [5.41, 5.74) is 5.99. The predicted molar refractivity (Wildman–Crippen MR) is 137 cm³/mol. The summed E-state index contributed by atoms with van der Waals surface area (Å²) in [7, 11) is 0. The van der Waals surface area contributed by atoms with Gasteiger partial charge in [-0.15, -0.1) is 0 Å². The van der Waals surface area contributed by atoms with Gasteiger partial charge in [0.15, 0.2) is 0 Å². The van der Waals surface area contributed by atoms with Crippen molar-refractivity contribution in [3.63, 3.8) is 0 Å². The summed E-state index contributed by atoms with van der Waals surface area (Å²) in [6, 6.07) is 5.62. The van der Waals surface area contributed by atoms with Crippen LogP contribution < -0.4 is 16.4 Å². The number of nitrogens with two attached hydrogens (primary N) is 1. The highest BCUT2D eigenvalue weighted by atomic mass is 16.5. The van der Waals surface area contributed by atoms with E-state index in [9.17, 15) is 34.2 Å². The monoisotopic (exact) mass is 547 g/mol. The molecule has 0 unspecified atom stereocenters. The van der Waals surface area contributed by atoms with E-state index in [1.807, 2.05) is 6.07 Å². The lowest BCUT2D eigenvalue weighted by Gasteiger charge is -2.31. The summed E-state index contributed by atoms with van der Waals surface area (Å²) in [6.45, 7) is 3.31. The Labute approximate surface area is 226 Å². The number of carbonyl (C=O) groups excluding carboxylic acids is 5. The normalized spacial score (nSPS) is 21.9. The Morgan fingerprint density at radius 1 is 1.00 bits per heavy atom. The molecule has 0 aromatic heterocycles. The molecule has 2 aliphatic heterocycles. The van der Waals surface area contributed by atoms with Gasteiger partial charge in [-0.1, -0.05) is 30.3 Å². The van der Waals surface area contributed by atoms with Gasteiger partial charge in [-0.05, 0) is 38.7 Å². The number of amides is 5. The van der Waals surface area contributed by atoms with Crippen molar-refractivity contribution in [2.24, 2.45) is 11.7 Å². The summed E-state index contributed by atoms with van der Waals surface area (Å²) in [4.78, 5) is 66.0. The van der Waals surface area contributed by atoms with E-state index in [4.69, 9.17) is 10.5 Å². The number of likely N-dealkylation sites (tertiary alicyclic amines) is 2. The molecule has 0 aliphatic carbocycles. The van der Waals surface area contributed by atoms with Crippen LogP contribution in [0.2, 0.25) is 0 Å². The number of nitrogens with zero attached hydrogens (tertiary/aromatic N) is 2. The third-order valence-electron chi connectivity index (χ3n) is 7.01. The smallest absolute Gasteiger partial charge is 0.408 e. The topological polar surface area (TPSA) is 192 Å². The molecule has 2 heterocycles. The van der Waals surface area contributed by atoms with Crippen LogP contribution in [-0.2, 0) is 30.5 Å². The van der Waals surface area contributed by atoms with Gasteiger partial charge >= 0.3 is 6.09 Å². The Balaban J connectivity index is 1.59. The number of aliphatic hydroxyl groups is 2. The van der Waals surface area contributed by atoms with E-state index in [1.54, 1.807) is 24.3 Å². The summed E-state index contributed by atoms with van der Waals surface area (Å²) in [6.07, 6.45) is -2.00. The second-order valence-electron chi connectivity index (χ2n) is 10.0. The van der Waals surface area contributed by atoms with Gasteiger partial charge in [0, 0.05) is 19.6 Å². The Morgan fingerprint density at radius 2 is 1.67 bits per heavy atom. The minimum absolute atomic E-state index is 0.0146. The fraction of sp³-hybridized carbons (Fsp3) is 0.577. The highest BCUT2D eigenvalue weighted by Gasteiger charge is 2.43. The van der Waals surface area contributed by atoms with Crippen LogP contribution in [0.5, 0.6) is 0 Å². The first-order valence-electron chi connectivity index (χ1n) is 13.0. The fourth-order valence-corrected chi connectivity index (χ4v) is 4.83. The highest BCUT2D eigenvalue weighted by molar-refractivity contribution is 5.93. The first-order chi connectivity index (χ1) is 18.5. The van der Waals surface area contributed by atoms with Crippen LogP contribution >= 0.6 is 0 Å². The molecule has 6 N–H and O–H groups in total. The fourth-order valence-electron chi connectivity index (χ4n) is 4.83. The maximum atomic E-state index is 13.4. The molecule has 6 atom stereocenters. The number of ether oxygens (including phenoxy) is 1. The molecule has 2 aliphatic rings. The van der Waals surface area contributed by atoms with Crippen molar-refractivity contribution in [1.82, 2.24) is 20.4 Å². The zero-order valence-electron chi connectivity index (χ0n) is 22.1. The maximum absolute atomic E-state index is 13.4. The molecule has 0 saturated carbocycles. The molecular formula is C26H37N5O8. The van der Waals surface area contributed by atoms with Crippen LogP contribution in [0.3, 0.4) is 0 Å². The minimum atomic E-state index is -1.31. The van der Waals surface area contributed by atoms with Crippen LogP contribution in [0, 0.1) is 5.92 Å². The molecule has 0 spiro atoms. The van der Waals surface area contributed by atoms with E-state index < -0.39 is 60.1 Å². The van der Waals surface area contributed by atoms with Crippen LogP contribution in [0.4, 0.5) is 4.79 Å². The molecule has 2 fully saturated rings. The SMILES string of the molecule is C[C@@H](O)[C@H](NC(=O)[C@@H]1CCN(C(=O)[C@H]2CCCN2C(=O)[C@@H](NC(=O)OCc2ccccc2)[C@@H](C)O)C1)C(N)=O. The maximum Gasteiger partial charge on any atom is 0.408 e. The molecule has 5 amide bonds. The third-order valence-corrected chi connectivity index (χ3v) is 7.01.